The van der Waals surface area contributed by atoms with Gasteiger partial charge in [-0.1, -0.05) is 115 Å². The first kappa shape index (κ1) is 24.8. The molecule has 1 aromatic heterocycles. The normalized spacial score (nSPS) is 11.2. The smallest absolute Gasteiger partial charge is 0.225 e. The summed E-state index contributed by atoms with van der Waals surface area (Å²) >= 11 is 0. The largest absolute Gasteiger partial charge is 0.295 e. The van der Waals surface area contributed by atoms with Crippen LogP contribution in [0.3, 0.4) is 0 Å². The minimum absolute atomic E-state index is 1.15. The first-order chi connectivity index (χ1) is 20.2. The Kier molecular flexibility index (Phi) is 6.29. The molecule has 0 atom stereocenters. The fraction of sp³-hybridized carbons (Fsp3) is 0.0513. The van der Waals surface area contributed by atoms with Gasteiger partial charge in [0.25, 0.3) is 5.82 Å². The van der Waals surface area contributed by atoms with Gasteiger partial charge in [-0.05, 0) is 82.3 Å². The number of hydrogen-bond donors (Lipinski definition) is 0. The molecule has 0 aliphatic rings. The summed E-state index contributed by atoms with van der Waals surface area (Å²) in [5.74, 6) is 1.16. The molecule has 41 heavy (non-hydrogen) atoms. The van der Waals surface area contributed by atoms with E-state index in [1.807, 2.05) is 0 Å². The fourth-order valence-electron chi connectivity index (χ4n) is 5.86. The second-order valence-electron chi connectivity index (χ2n) is 10.6. The van der Waals surface area contributed by atoms with Gasteiger partial charge in [0.15, 0.2) is 11.0 Å². The summed E-state index contributed by atoms with van der Waals surface area (Å²) in [6.07, 6.45) is 0. The summed E-state index contributed by atoms with van der Waals surface area (Å²) in [7, 11) is 2.18. The average Bonchev–Trinajstić information content (AvgIpc) is 3.34. The Bertz CT molecular complexity index is 1980. The first-order valence-electron chi connectivity index (χ1n) is 14.1. The molecule has 0 saturated carbocycles. The maximum absolute atomic E-state index is 2.40. The van der Waals surface area contributed by atoms with Gasteiger partial charge in [0, 0.05) is 0 Å². The molecule has 2 nitrogen and oxygen atoms in total. The van der Waals surface area contributed by atoms with Crippen molar-refractivity contribution in [3.63, 3.8) is 0 Å². The lowest BCUT2D eigenvalue weighted by Gasteiger charge is -2.11. The van der Waals surface area contributed by atoms with Gasteiger partial charge in [0.05, 0.1) is 12.6 Å². The topological polar surface area (TPSA) is 8.81 Å². The summed E-state index contributed by atoms with van der Waals surface area (Å²) < 4.78 is 4.73. The third kappa shape index (κ3) is 4.54. The van der Waals surface area contributed by atoms with E-state index in [9.17, 15) is 0 Å². The monoisotopic (exact) mass is 527 g/mol. The summed E-state index contributed by atoms with van der Waals surface area (Å²) in [5, 5.41) is 0. The van der Waals surface area contributed by atoms with Crippen molar-refractivity contribution in [2.75, 3.05) is 0 Å². The molecule has 6 aromatic carbocycles. The van der Waals surface area contributed by atoms with Crippen LogP contribution >= 0.6 is 0 Å². The van der Waals surface area contributed by atoms with Crippen LogP contribution in [0.25, 0.3) is 61.5 Å². The number of para-hydroxylation sites is 2. The predicted octanol–water partition coefficient (Wildman–Crippen LogP) is 9.43. The molecule has 0 amide bonds. The van der Waals surface area contributed by atoms with Gasteiger partial charge in [-0.3, -0.25) is 0 Å². The van der Waals surface area contributed by atoms with Crippen molar-refractivity contribution in [1.82, 2.24) is 4.57 Å². The van der Waals surface area contributed by atoms with Crippen LogP contribution in [-0.4, -0.2) is 4.57 Å². The third-order valence-corrected chi connectivity index (χ3v) is 8.03. The van der Waals surface area contributed by atoms with E-state index < -0.39 is 0 Å². The molecule has 7 rings (SSSR count). The van der Waals surface area contributed by atoms with Gasteiger partial charge < -0.3 is 0 Å². The van der Waals surface area contributed by atoms with Gasteiger partial charge in [-0.2, -0.15) is 4.57 Å². The van der Waals surface area contributed by atoms with E-state index in [4.69, 9.17) is 0 Å². The van der Waals surface area contributed by atoms with Gasteiger partial charge in [0.1, 0.15) is 5.69 Å². The minimum atomic E-state index is 1.15. The molecular formula is C39H31N2+. The Morgan fingerprint density at radius 1 is 0.463 bits per heavy atom. The zero-order valence-electron chi connectivity index (χ0n) is 23.3. The van der Waals surface area contributed by atoms with E-state index in [-0.39, 0.29) is 0 Å². The molecule has 0 radical (unpaired) electrons. The van der Waals surface area contributed by atoms with Crippen molar-refractivity contribution in [2.24, 2.45) is 7.05 Å². The lowest BCUT2D eigenvalue weighted by atomic mass is 9.96. The van der Waals surface area contributed by atoms with Crippen molar-refractivity contribution in [3.05, 3.63) is 157 Å². The van der Waals surface area contributed by atoms with Crippen LogP contribution in [0, 0.1) is 6.92 Å². The molecule has 2 heteroatoms. The van der Waals surface area contributed by atoms with Gasteiger partial charge >= 0.3 is 0 Å². The summed E-state index contributed by atoms with van der Waals surface area (Å²) in [5.41, 5.74) is 13.3. The number of nitrogens with zero attached hydrogens (tertiary/aromatic N) is 2. The van der Waals surface area contributed by atoms with Gasteiger partial charge in [0.2, 0.25) is 0 Å². The van der Waals surface area contributed by atoms with Crippen LogP contribution < -0.4 is 4.57 Å². The Hall–Kier alpha value is -5.21. The van der Waals surface area contributed by atoms with Crippen molar-refractivity contribution >= 4 is 11.0 Å². The Labute approximate surface area is 241 Å². The van der Waals surface area contributed by atoms with E-state index in [2.05, 4.69) is 175 Å². The molecule has 196 valence electrons. The maximum atomic E-state index is 2.40. The zero-order chi connectivity index (χ0) is 27.8. The summed E-state index contributed by atoms with van der Waals surface area (Å²) in [6.45, 7) is 2.21. The van der Waals surface area contributed by atoms with E-state index in [0.29, 0.717) is 0 Å². The van der Waals surface area contributed by atoms with E-state index in [1.54, 1.807) is 0 Å². The lowest BCUT2D eigenvalue weighted by molar-refractivity contribution is -0.633. The lowest BCUT2D eigenvalue weighted by Crippen LogP contribution is -2.30. The highest BCUT2D eigenvalue weighted by molar-refractivity contribution is 5.82. The highest BCUT2D eigenvalue weighted by atomic mass is 15.2. The van der Waals surface area contributed by atoms with Crippen molar-refractivity contribution < 1.29 is 4.57 Å². The van der Waals surface area contributed by atoms with E-state index in [0.717, 1.165) is 11.5 Å². The molecule has 1 heterocycles. The first-order valence-corrected chi connectivity index (χ1v) is 14.1. The average molecular weight is 528 g/mol. The van der Waals surface area contributed by atoms with Crippen LogP contribution in [0.2, 0.25) is 0 Å². The van der Waals surface area contributed by atoms with Crippen LogP contribution in [0.4, 0.5) is 0 Å². The van der Waals surface area contributed by atoms with E-state index in [1.165, 1.54) is 55.5 Å². The molecule has 0 unspecified atom stereocenters. The Balaban J connectivity index is 1.39. The van der Waals surface area contributed by atoms with Crippen molar-refractivity contribution in [3.8, 4) is 50.5 Å². The third-order valence-electron chi connectivity index (χ3n) is 8.03. The quantitative estimate of drug-likeness (QED) is 0.197. The van der Waals surface area contributed by atoms with Gasteiger partial charge in [-0.25, -0.2) is 4.57 Å². The molecule has 0 spiro atoms. The van der Waals surface area contributed by atoms with Gasteiger partial charge in [-0.15, -0.1) is 0 Å². The number of aromatic nitrogens is 2. The number of hydrogen-bond acceptors (Lipinski definition) is 0. The predicted molar refractivity (Wildman–Crippen MR) is 171 cm³/mol. The molecular weight excluding hydrogens is 496 g/mol. The Morgan fingerprint density at radius 3 is 1.68 bits per heavy atom. The zero-order valence-corrected chi connectivity index (χ0v) is 23.3. The molecule has 0 saturated heterocycles. The minimum Gasteiger partial charge on any atom is -0.225 e. The highest BCUT2D eigenvalue weighted by Crippen LogP contribution is 2.34. The second kappa shape index (κ2) is 10.4. The molecule has 0 N–H and O–H groups in total. The Morgan fingerprint density at radius 2 is 0.976 bits per heavy atom. The molecule has 0 bridgehead atoms. The van der Waals surface area contributed by atoms with Crippen LogP contribution in [0.15, 0.2) is 152 Å². The van der Waals surface area contributed by atoms with Crippen LogP contribution in [0.5, 0.6) is 0 Å². The fourth-order valence-corrected chi connectivity index (χ4v) is 5.86. The number of aryl methyl sites for hydroxylation is 2. The molecule has 0 aliphatic heterocycles. The van der Waals surface area contributed by atoms with Crippen molar-refractivity contribution in [2.45, 2.75) is 6.92 Å². The highest BCUT2D eigenvalue weighted by Gasteiger charge is 2.27. The maximum Gasteiger partial charge on any atom is 0.295 e. The second-order valence-corrected chi connectivity index (χ2v) is 10.6. The standard InChI is InChI=1S/C39H31N2/c1-28-20-21-34(33-17-11-16-32(26-33)30-14-7-4-8-15-30)27-36(28)39-40(2)37-18-9-10-19-38(37)41(39)35-24-22-31(23-25-35)29-12-5-3-6-13-29/h3-27H,1-2H3/q+1. The number of benzene rings is 6. The SMILES string of the molecule is Cc1ccc(-c2cccc(-c3ccccc3)c2)cc1-c1n(-c2ccc(-c3ccccc3)cc2)c2ccccc2[n+]1C. The number of fused-ring (bicyclic) bond motifs is 1. The van der Waals surface area contributed by atoms with E-state index >= 15 is 0 Å². The summed E-state index contributed by atoms with van der Waals surface area (Å²) in [6, 6.07) is 54.4. The number of imidazole rings is 1. The van der Waals surface area contributed by atoms with Crippen LogP contribution in [0.1, 0.15) is 5.56 Å². The molecule has 0 fully saturated rings. The van der Waals surface area contributed by atoms with Crippen molar-refractivity contribution in [1.29, 1.82) is 0 Å². The number of rotatable bonds is 5. The molecule has 0 aliphatic carbocycles. The van der Waals surface area contributed by atoms with Crippen LogP contribution in [-0.2, 0) is 7.05 Å². The molecule has 7 aromatic rings. The summed E-state index contributed by atoms with van der Waals surface area (Å²) in [4.78, 5) is 0.